The monoisotopic (exact) mass is 251 g/mol. The Labute approximate surface area is 95.2 Å². The predicted octanol–water partition coefficient (Wildman–Crippen LogP) is 1.17. The highest BCUT2D eigenvalue weighted by atomic mass is 19.4. The highest BCUT2D eigenvalue weighted by Gasteiger charge is 2.60. The summed E-state index contributed by atoms with van der Waals surface area (Å²) in [5.41, 5.74) is -0.655. The highest BCUT2D eigenvalue weighted by Crippen LogP contribution is 2.61. The Bertz CT molecular complexity index is 360. The van der Waals surface area contributed by atoms with Crippen molar-refractivity contribution in [3.05, 3.63) is 0 Å². The van der Waals surface area contributed by atoms with Crippen molar-refractivity contribution < 1.29 is 27.9 Å². The second-order valence-electron chi connectivity index (χ2n) is 4.94. The number of fused-ring (bicyclic) bond motifs is 1. The van der Waals surface area contributed by atoms with Gasteiger partial charge in [0.1, 0.15) is 0 Å². The fourth-order valence-electron chi connectivity index (χ4n) is 3.11. The lowest BCUT2D eigenvalue weighted by molar-refractivity contribution is -0.174. The zero-order chi connectivity index (χ0) is 12.8. The van der Waals surface area contributed by atoms with Crippen LogP contribution in [-0.4, -0.2) is 29.7 Å². The molecule has 0 saturated heterocycles. The summed E-state index contributed by atoms with van der Waals surface area (Å²) in [4.78, 5) is 21.6. The molecule has 0 aromatic carbocycles. The molecule has 3 fully saturated rings. The maximum atomic E-state index is 12.0. The number of amides is 1. The number of alkyl halides is 3. The third-order valence-corrected chi connectivity index (χ3v) is 3.86. The molecule has 2 bridgehead atoms. The number of carboxylic acid groups (broad SMARTS) is 1. The molecule has 7 heteroatoms. The van der Waals surface area contributed by atoms with Crippen LogP contribution in [-0.2, 0) is 9.59 Å². The molecule has 1 atom stereocenters. The number of carboxylic acids is 1. The smallest absolute Gasteiger partial charge is 0.471 e. The Hall–Kier alpha value is -1.27. The van der Waals surface area contributed by atoms with Crippen molar-refractivity contribution in [3.8, 4) is 0 Å². The minimum Gasteiger partial charge on any atom is -0.481 e. The molecule has 17 heavy (non-hydrogen) atoms. The van der Waals surface area contributed by atoms with Crippen molar-refractivity contribution in [1.82, 2.24) is 5.32 Å². The van der Waals surface area contributed by atoms with E-state index in [-0.39, 0.29) is 6.54 Å². The molecule has 0 heterocycles. The molecule has 1 unspecified atom stereocenters. The van der Waals surface area contributed by atoms with Crippen LogP contribution < -0.4 is 5.32 Å². The van der Waals surface area contributed by atoms with Gasteiger partial charge in [0.15, 0.2) is 0 Å². The first-order valence-corrected chi connectivity index (χ1v) is 5.32. The normalized spacial score (nSPS) is 35.2. The van der Waals surface area contributed by atoms with Gasteiger partial charge in [0.25, 0.3) is 0 Å². The van der Waals surface area contributed by atoms with Crippen LogP contribution in [0.2, 0.25) is 0 Å². The maximum Gasteiger partial charge on any atom is 0.471 e. The van der Waals surface area contributed by atoms with E-state index in [4.69, 9.17) is 5.11 Å². The summed E-state index contributed by atoms with van der Waals surface area (Å²) in [6.45, 7) is -0.196. The van der Waals surface area contributed by atoms with Crippen LogP contribution in [0.4, 0.5) is 13.2 Å². The Morgan fingerprint density at radius 2 is 1.94 bits per heavy atom. The van der Waals surface area contributed by atoms with Gasteiger partial charge in [0.05, 0.1) is 5.92 Å². The molecule has 3 aliphatic carbocycles. The first-order chi connectivity index (χ1) is 7.74. The van der Waals surface area contributed by atoms with Crippen LogP contribution in [0.25, 0.3) is 0 Å². The van der Waals surface area contributed by atoms with E-state index in [0.29, 0.717) is 25.2 Å². The van der Waals surface area contributed by atoms with Crippen molar-refractivity contribution >= 4 is 11.9 Å². The fourth-order valence-corrected chi connectivity index (χ4v) is 3.11. The molecule has 0 aromatic heterocycles. The molecule has 4 nitrogen and oxygen atoms in total. The zero-order valence-corrected chi connectivity index (χ0v) is 8.88. The number of hydrogen-bond donors (Lipinski definition) is 2. The fraction of sp³-hybridized carbons (Fsp3) is 0.800. The molecule has 3 aliphatic rings. The summed E-state index contributed by atoms with van der Waals surface area (Å²) in [6, 6.07) is 0. The van der Waals surface area contributed by atoms with Gasteiger partial charge in [-0.05, 0) is 25.2 Å². The summed E-state index contributed by atoms with van der Waals surface area (Å²) in [5.74, 6) is -3.31. The van der Waals surface area contributed by atoms with Gasteiger partial charge in [-0.2, -0.15) is 13.2 Å². The number of carbonyl (C=O) groups excluding carboxylic acids is 1. The minimum atomic E-state index is -4.91. The van der Waals surface area contributed by atoms with E-state index >= 15 is 0 Å². The number of halogens is 3. The van der Waals surface area contributed by atoms with Crippen molar-refractivity contribution in [2.45, 2.75) is 25.4 Å². The summed E-state index contributed by atoms with van der Waals surface area (Å²) in [7, 11) is 0. The third-order valence-electron chi connectivity index (χ3n) is 3.86. The molecule has 3 saturated carbocycles. The molecule has 1 amide bonds. The lowest BCUT2D eigenvalue weighted by atomic mass is 9.66. The van der Waals surface area contributed by atoms with Gasteiger partial charge in [0, 0.05) is 12.0 Å². The van der Waals surface area contributed by atoms with Gasteiger partial charge in [-0.3, -0.25) is 9.59 Å². The molecule has 2 N–H and O–H groups in total. The molecular formula is C10H12F3NO3. The van der Waals surface area contributed by atoms with Crippen molar-refractivity contribution in [1.29, 1.82) is 0 Å². The number of aliphatic carboxylic acids is 1. The van der Waals surface area contributed by atoms with E-state index < -0.39 is 29.4 Å². The van der Waals surface area contributed by atoms with Gasteiger partial charge < -0.3 is 10.4 Å². The SMILES string of the molecule is O=C(O)C1CC2CC1(CNC(=O)C(F)(F)F)C2. The van der Waals surface area contributed by atoms with Gasteiger partial charge in [-0.25, -0.2) is 0 Å². The lowest BCUT2D eigenvalue weighted by Crippen LogP contribution is -2.48. The van der Waals surface area contributed by atoms with Crippen LogP contribution in [0.1, 0.15) is 19.3 Å². The van der Waals surface area contributed by atoms with Crippen LogP contribution in [0.5, 0.6) is 0 Å². The minimum absolute atomic E-state index is 0.196. The first kappa shape index (κ1) is 12.2. The van der Waals surface area contributed by atoms with Crippen molar-refractivity contribution in [3.63, 3.8) is 0 Å². The average molecular weight is 251 g/mol. The average Bonchev–Trinajstić information content (AvgIpc) is 2.66. The van der Waals surface area contributed by atoms with Crippen LogP contribution >= 0.6 is 0 Å². The predicted molar refractivity (Wildman–Crippen MR) is 50.0 cm³/mol. The quantitative estimate of drug-likeness (QED) is 0.791. The molecule has 0 aromatic rings. The zero-order valence-electron chi connectivity index (χ0n) is 8.88. The standard InChI is InChI=1S/C10H12F3NO3/c11-10(12,13)8(17)14-4-9-2-5(3-9)1-6(9)7(15)16/h5-6H,1-4H2,(H,14,17)(H,15,16). The molecule has 3 rings (SSSR count). The van der Waals surface area contributed by atoms with Gasteiger partial charge in [-0.1, -0.05) is 0 Å². The summed E-state index contributed by atoms with van der Waals surface area (Å²) >= 11 is 0. The van der Waals surface area contributed by atoms with E-state index in [9.17, 15) is 22.8 Å². The Morgan fingerprint density at radius 1 is 1.35 bits per heavy atom. The Morgan fingerprint density at radius 3 is 2.41 bits per heavy atom. The second kappa shape index (κ2) is 3.61. The number of carbonyl (C=O) groups is 2. The maximum absolute atomic E-state index is 12.0. The highest BCUT2D eigenvalue weighted by molar-refractivity contribution is 5.82. The van der Waals surface area contributed by atoms with Gasteiger partial charge in [0.2, 0.25) is 0 Å². The molecule has 0 aliphatic heterocycles. The van der Waals surface area contributed by atoms with E-state index in [2.05, 4.69) is 0 Å². The number of hydrogen-bond acceptors (Lipinski definition) is 2. The number of rotatable bonds is 3. The second-order valence-corrected chi connectivity index (χ2v) is 4.94. The summed E-state index contributed by atoms with van der Waals surface area (Å²) in [5, 5.41) is 10.8. The van der Waals surface area contributed by atoms with Crippen LogP contribution in [0, 0.1) is 17.3 Å². The molecule has 0 radical (unpaired) electrons. The van der Waals surface area contributed by atoms with Crippen molar-refractivity contribution in [2.24, 2.45) is 17.3 Å². The van der Waals surface area contributed by atoms with Crippen LogP contribution in [0.3, 0.4) is 0 Å². The largest absolute Gasteiger partial charge is 0.481 e. The van der Waals surface area contributed by atoms with Crippen molar-refractivity contribution in [2.75, 3.05) is 6.54 Å². The number of nitrogens with one attached hydrogen (secondary N) is 1. The molecule has 0 spiro atoms. The lowest BCUT2D eigenvalue weighted by Gasteiger charge is -2.40. The van der Waals surface area contributed by atoms with Crippen LogP contribution in [0.15, 0.2) is 0 Å². The van der Waals surface area contributed by atoms with Gasteiger partial charge >= 0.3 is 18.1 Å². The first-order valence-electron chi connectivity index (χ1n) is 5.32. The van der Waals surface area contributed by atoms with E-state index in [1.165, 1.54) is 0 Å². The third kappa shape index (κ3) is 1.98. The van der Waals surface area contributed by atoms with Gasteiger partial charge in [-0.15, -0.1) is 0 Å². The van der Waals surface area contributed by atoms with E-state index in [1.807, 2.05) is 0 Å². The summed E-state index contributed by atoms with van der Waals surface area (Å²) in [6.07, 6.45) is -3.20. The Kier molecular flexibility index (Phi) is 2.59. The molecular weight excluding hydrogens is 239 g/mol. The van der Waals surface area contributed by atoms with E-state index in [1.54, 1.807) is 5.32 Å². The van der Waals surface area contributed by atoms with E-state index in [0.717, 1.165) is 0 Å². The Balaban J connectivity index is 1.96. The summed E-state index contributed by atoms with van der Waals surface area (Å²) < 4.78 is 36.0. The topological polar surface area (TPSA) is 66.4 Å². The molecule has 96 valence electrons.